The predicted molar refractivity (Wildman–Crippen MR) is 121 cm³/mol. The highest BCUT2D eigenvalue weighted by Crippen LogP contribution is 2.38. The largest absolute Gasteiger partial charge is 0.416 e. The monoisotopic (exact) mass is 485 g/mol. The van der Waals surface area contributed by atoms with E-state index in [2.05, 4.69) is 0 Å². The Bertz CT molecular complexity index is 1160. The first-order valence-electron chi connectivity index (χ1n) is 11.0. The van der Waals surface area contributed by atoms with Gasteiger partial charge in [0.15, 0.2) is 0 Å². The van der Waals surface area contributed by atoms with E-state index >= 15 is 0 Å². The van der Waals surface area contributed by atoms with E-state index in [9.17, 15) is 22.4 Å². The van der Waals surface area contributed by atoms with E-state index in [1.54, 1.807) is 29.2 Å². The summed E-state index contributed by atoms with van der Waals surface area (Å²) >= 11 is 0. The summed E-state index contributed by atoms with van der Waals surface area (Å²) in [6.07, 6.45) is -2.85. The van der Waals surface area contributed by atoms with Gasteiger partial charge in [-0.05, 0) is 59.2 Å². The van der Waals surface area contributed by atoms with E-state index in [1.807, 2.05) is 24.3 Å². The van der Waals surface area contributed by atoms with E-state index in [4.69, 9.17) is 9.59 Å². The fraction of sp³-hybridized carbons (Fsp3) is 0.259. The number of carbonyl (C=O) groups is 1. The molecule has 0 unspecified atom stereocenters. The van der Waals surface area contributed by atoms with E-state index in [0.717, 1.165) is 22.8 Å². The summed E-state index contributed by atoms with van der Waals surface area (Å²) in [6.45, 7) is 0.896. The molecule has 1 aliphatic heterocycles. The molecule has 0 N–H and O–H groups in total. The average molecular weight is 485 g/mol. The van der Waals surface area contributed by atoms with E-state index in [1.165, 1.54) is 18.2 Å². The molecule has 1 amide bonds. The number of benzene rings is 3. The fourth-order valence-electron chi connectivity index (χ4n) is 4.29. The lowest BCUT2D eigenvalue weighted by Crippen LogP contribution is -2.39. The Morgan fingerprint density at radius 3 is 1.91 bits per heavy atom. The van der Waals surface area contributed by atoms with Gasteiger partial charge in [0.25, 0.3) is 0 Å². The first-order chi connectivity index (χ1) is 16.7. The van der Waals surface area contributed by atoms with Crippen molar-refractivity contribution in [2.75, 3.05) is 13.1 Å². The molecule has 35 heavy (non-hydrogen) atoms. The van der Waals surface area contributed by atoms with Crippen molar-refractivity contribution in [2.24, 2.45) is 0 Å². The summed E-state index contributed by atoms with van der Waals surface area (Å²) in [5, 5.41) is 0. The highest BCUT2D eigenvalue weighted by molar-refractivity contribution is 5.79. The van der Waals surface area contributed by atoms with Crippen LogP contribution in [0.4, 0.5) is 17.6 Å². The number of nitrogens with zero attached hydrogens (tertiary/aromatic N) is 1. The van der Waals surface area contributed by atoms with Crippen LogP contribution in [0.2, 0.25) is 0 Å². The van der Waals surface area contributed by atoms with Crippen LogP contribution >= 0.6 is 0 Å². The zero-order valence-electron chi connectivity index (χ0n) is 18.7. The van der Waals surface area contributed by atoms with Crippen LogP contribution in [0.3, 0.4) is 0 Å². The van der Waals surface area contributed by atoms with Gasteiger partial charge in [0.05, 0.1) is 12.0 Å². The molecule has 4 nitrogen and oxygen atoms in total. The fourth-order valence-corrected chi connectivity index (χ4v) is 4.29. The van der Waals surface area contributed by atoms with Crippen LogP contribution in [0.1, 0.15) is 35.4 Å². The summed E-state index contributed by atoms with van der Waals surface area (Å²) in [7, 11) is 0. The highest BCUT2D eigenvalue weighted by Gasteiger charge is 2.36. The standard InChI is InChI=1S/C26H23F4NO.CO2/c27-22-11-9-20(10-12-22)19-7-5-18(6-8-19)17-25(32)31-15-13-21(14-16-31)23-3-1-2-4-24(23)26(28,29)30;2-1-3/h1-12,21H,13-17H2;. The number of likely N-dealkylation sites (tertiary alicyclic amines) is 1. The van der Waals surface area contributed by atoms with Crippen molar-refractivity contribution in [3.8, 4) is 11.1 Å². The van der Waals surface area contributed by atoms with Crippen molar-refractivity contribution in [3.05, 3.63) is 95.3 Å². The number of halogens is 4. The smallest absolute Gasteiger partial charge is 0.342 e. The summed E-state index contributed by atoms with van der Waals surface area (Å²) < 4.78 is 53.1. The maximum absolute atomic E-state index is 13.3. The third kappa shape index (κ3) is 6.87. The maximum atomic E-state index is 13.3. The molecule has 0 saturated carbocycles. The zero-order valence-corrected chi connectivity index (χ0v) is 18.7. The van der Waals surface area contributed by atoms with Gasteiger partial charge in [-0.3, -0.25) is 4.79 Å². The molecule has 1 saturated heterocycles. The molecule has 0 aromatic heterocycles. The van der Waals surface area contributed by atoms with E-state index in [-0.39, 0.29) is 30.2 Å². The minimum Gasteiger partial charge on any atom is -0.342 e. The van der Waals surface area contributed by atoms with Gasteiger partial charge in [0.2, 0.25) is 5.91 Å². The van der Waals surface area contributed by atoms with Crippen molar-refractivity contribution >= 4 is 12.1 Å². The lowest BCUT2D eigenvalue weighted by molar-refractivity contribution is -0.191. The summed E-state index contributed by atoms with van der Waals surface area (Å²) in [5.41, 5.74) is 2.44. The molecule has 0 aliphatic carbocycles. The summed E-state index contributed by atoms with van der Waals surface area (Å²) in [6, 6.07) is 19.5. The first kappa shape index (κ1) is 25.8. The molecule has 4 rings (SSSR count). The van der Waals surface area contributed by atoms with Gasteiger partial charge in [0, 0.05) is 13.1 Å². The SMILES string of the molecule is O=C(Cc1ccc(-c2ccc(F)cc2)cc1)N1CCC(c2ccccc2C(F)(F)F)CC1.O=C=O. The third-order valence-corrected chi connectivity index (χ3v) is 6.04. The topological polar surface area (TPSA) is 54.5 Å². The summed E-state index contributed by atoms with van der Waals surface area (Å²) in [5.74, 6) is -0.518. The van der Waals surface area contributed by atoms with Crippen LogP contribution in [0.5, 0.6) is 0 Å². The third-order valence-electron chi connectivity index (χ3n) is 6.04. The number of piperidine rings is 1. The van der Waals surface area contributed by atoms with Crippen LogP contribution in [0, 0.1) is 5.82 Å². The normalized spacial score (nSPS) is 14.0. The second-order valence-electron chi connectivity index (χ2n) is 8.20. The number of hydrogen-bond donors (Lipinski definition) is 0. The molecular weight excluding hydrogens is 462 g/mol. The predicted octanol–water partition coefficient (Wildman–Crippen LogP) is 5.88. The van der Waals surface area contributed by atoms with E-state index in [0.29, 0.717) is 31.5 Å². The quantitative estimate of drug-likeness (QED) is 0.434. The van der Waals surface area contributed by atoms with Crippen LogP contribution in [0.15, 0.2) is 72.8 Å². The van der Waals surface area contributed by atoms with Gasteiger partial charge in [-0.25, -0.2) is 4.39 Å². The van der Waals surface area contributed by atoms with Gasteiger partial charge in [0.1, 0.15) is 5.82 Å². The van der Waals surface area contributed by atoms with Crippen LogP contribution in [0.25, 0.3) is 11.1 Å². The van der Waals surface area contributed by atoms with Gasteiger partial charge in [-0.15, -0.1) is 0 Å². The minimum atomic E-state index is -4.37. The Kier molecular flexibility index (Phi) is 8.55. The highest BCUT2D eigenvalue weighted by atomic mass is 19.4. The number of carbonyl (C=O) groups excluding carboxylic acids is 3. The van der Waals surface area contributed by atoms with Crippen molar-refractivity contribution in [1.82, 2.24) is 4.90 Å². The summed E-state index contributed by atoms with van der Waals surface area (Å²) in [4.78, 5) is 30.7. The van der Waals surface area contributed by atoms with Crippen molar-refractivity contribution < 1.29 is 31.9 Å². The lowest BCUT2D eigenvalue weighted by atomic mass is 9.86. The molecule has 1 fully saturated rings. The van der Waals surface area contributed by atoms with Gasteiger partial charge in [-0.2, -0.15) is 22.8 Å². The number of rotatable bonds is 4. The minimum absolute atomic E-state index is 0.0258. The Balaban J connectivity index is 0.00000108. The molecule has 0 atom stereocenters. The zero-order chi connectivity index (χ0) is 25.4. The molecule has 8 heteroatoms. The van der Waals surface area contributed by atoms with Gasteiger partial charge >= 0.3 is 12.3 Å². The Morgan fingerprint density at radius 1 is 0.857 bits per heavy atom. The second-order valence-corrected chi connectivity index (χ2v) is 8.20. The molecule has 182 valence electrons. The second kappa shape index (κ2) is 11.6. The lowest BCUT2D eigenvalue weighted by Gasteiger charge is -2.33. The molecule has 1 heterocycles. The van der Waals surface area contributed by atoms with Gasteiger partial charge < -0.3 is 4.90 Å². The maximum Gasteiger partial charge on any atom is 0.416 e. The molecule has 1 aliphatic rings. The molecule has 3 aromatic rings. The number of hydrogen-bond acceptors (Lipinski definition) is 3. The van der Waals surface area contributed by atoms with Crippen molar-refractivity contribution in [2.45, 2.75) is 31.4 Å². The van der Waals surface area contributed by atoms with Crippen molar-refractivity contribution in [3.63, 3.8) is 0 Å². The van der Waals surface area contributed by atoms with Crippen LogP contribution < -0.4 is 0 Å². The number of alkyl halides is 3. The van der Waals surface area contributed by atoms with Gasteiger partial charge in [-0.1, -0.05) is 54.6 Å². The molecule has 0 spiro atoms. The van der Waals surface area contributed by atoms with E-state index < -0.39 is 11.7 Å². The Labute approximate surface area is 200 Å². The molecular formula is C27H23F4NO3. The first-order valence-corrected chi connectivity index (χ1v) is 11.0. The Morgan fingerprint density at radius 2 is 1.37 bits per heavy atom. The average Bonchev–Trinajstić information content (AvgIpc) is 2.85. The molecule has 0 bridgehead atoms. The van der Waals surface area contributed by atoms with Crippen LogP contribution in [-0.4, -0.2) is 30.0 Å². The van der Waals surface area contributed by atoms with Crippen LogP contribution in [-0.2, 0) is 27.0 Å². The molecule has 0 radical (unpaired) electrons. The number of amides is 1. The Hall–Kier alpha value is -3.77. The van der Waals surface area contributed by atoms with Crippen molar-refractivity contribution in [1.29, 1.82) is 0 Å². The molecule has 3 aromatic carbocycles.